The summed E-state index contributed by atoms with van der Waals surface area (Å²) in [5.74, 6) is -0.0899. The molecule has 0 bridgehead atoms. The number of carbonyl (C=O) groups excluding carboxylic acids is 1. The number of para-hydroxylation sites is 1. The van der Waals surface area contributed by atoms with E-state index >= 15 is 0 Å². The summed E-state index contributed by atoms with van der Waals surface area (Å²) in [6.45, 7) is 0. The number of rotatable bonds is 4. The van der Waals surface area contributed by atoms with Crippen molar-refractivity contribution in [2.45, 2.75) is 31.2 Å². The van der Waals surface area contributed by atoms with E-state index in [1.807, 2.05) is 6.07 Å². The molecule has 0 atom stereocenters. The van der Waals surface area contributed by atoms with Crippen LogP contribution in [0.15, 0.2) is 36.7 Å². The van der Waals surface area contributed by atoms with E-state index in [1.165, 1.54) is 0 Å². The van der Waals surface area contributed by atoms with E-state index in [-0.39, 0.29) is 11.4 Å². The highest BCUT2D eigenvalue weighted by Crippen LogP contribution is 2.33. The maximum atomic E-state index is 12.2. The monoisotopic (exact) mass is 304 g/mol. The normalized spacial score (nSPS) is 16.3. The first-order chi connectivity index (χ1) is 10.1. The highest BCUT2D eigenvalue weighted by molar-refractivity contribution is 6.33. The highest BCUT2D eigenvalue weighted by atomic mass is 35.5. The fraction of sp³-hybridized carbons (Fsp3) is 0.333. The number of carbonyl (C=O) groups is 1. The molecule has 1 aliphatic carbocycles. The number of aromatic nitrogens is 2. The van der Waals surface area contributed by atoms with Crippen molar-refractivity contribution in [1.82, 2.24) is 9.78 Å². The lowest BCUT2D eigenvalue weighted by atomic mass is 9.75. The van der Waals surface area contributed by atoms with Gasteiger partial charge >= 0.3 is 0 Å². The van der Waals surface area contributed by atoms with Crippen LogP contribution in [0.3, 0.4) is 0 Å². The third kappa shape index (κ3) is 2.94. The van der Waals surface area contributed by atoms with E-state index in [4.69, 9.17) is 17.3 Å². The number of hydrogen-bond acceptors (Lipinski definition) is 3. The number of nitrogens with zero attached hydrogens (tertiary/aromatic N) is 2. The summed E-state index contributed by atoms with van der Waals surface area (Å²) in [5, 5.41) is 7.60. The third-order valence-electron chi connectivity index (χ3n) is 3.86. The molecule has 1 aromatic heterocycles. The SMILES string of the molecule is NC1(CC(=O)Nc2cccc(Cl)c2-n2cccn2)CCC1. The maximum absolute atomic E-state index is 12.2. The first-order valence-corrected chi connectivity index (χ1v) is 7.32. The molecule has 1 fully saturated rings. The van der Waals surface area contributed by atoms with Crippen LogP contribution in [0.25, 0.3) is 5.69 Å². The molecule has 1 aliphatic rings. The Morgan fingerprint density at radius 2 is 2.24 bits per heavy atom. The molecular formula is C15H17ClN4O. The van der Waals surface area contributed by atoms with Gasteiger partial charge in [0.1, 0.15) is 5.69 Å². The van der Waals surface area contributed by atoms with Crippen LogP contribution in [0.1, 0.15) is 25.7 Å². The van der Waals surface area contributed by atoms with Gasteiger partial charge in [0.05, 0.1) is 10.7 Å². The number of amides is 1. The van der Waals surface area contributed by atoms with Gasteiger partial charge < -0.3 is 11.1 Å². The lowest BCUT2D eigenvalue weighted by Gasteiger charge is -2.37. The predicted molar refractivity (Wildman–Crippen MR) is 82.6 cm³/mol. The molecule has 6 heteroatoms. The van der Waals surface area contributed by atoms with Crippen LogP contribution in [0, 0.1) is 0 Å². The van der Waals surface area contributed by atoms with Gasteiger partial charge in [0.25, 0.3) is 0 Å². The summed E-state index contributed by atoms with van der Waals surface area (Å²) in [6.07, 6.45) is 6.69. The van der Waals surface area contributed by atoms with Crippen LogP contribution >= 0.6 is 11.6 Å². The molecular weight excluding hydrogens is 288 g/mol. The quantitative estimate of drug-likeness (QED) is 0.912. The zero-order valence-electron chi connectivity index (χ0n) is 11.6. The van der Waals surface area contributed by atoms with E-state index < -0.39 is 0 Å². The molecule has 0 spiro atoms. The van der Waals surface area contributed by atoms with E-state index in [1.54, 1.807) is 35.3 Å². The van der Waals surface area contributed by atoms with Crippen molar-refractivity contribution in [2.75, 3.05) is 5.32 Å². The van der Waals surface area contributed by atoms with E-state index in [2.05, 4.69) is 10.4 Å². The van der Waals surface area contributed by atoms with E-state index in [0.29, 0.717) is 22.8 Å². The Balaban J connectivity index is 1.82. The van der Waals surface area contributed by atoms with Crippen molar-refractivity contribution in [2.24, 2.45) is 5.73 Å². The molecule has 1 aromatic carbocycles. The summed E-state index contributed by atoms with van der Waals surface area (Å²) in [6, 6.07) is 7.18. The highest BCUT2D eigenvalue weighted by Gasteiger charge is 2.34. The van der Waals surface area contributed by atoms with Gasteiger partial charge in [0, 0.05) is 24.4 Å². The second-order valence-corrected chi connectivity index (χ2v) is 5.93. The molecule has 1 amide bonds. The van der Waals surface area contributed by atoms with Crippen LogP contribution in [0.5, 0.6) is 0 Å². The fourth-order valence-corrected chi connectivity index (χ4v) is 2.83. The summed E-state index contributed by atoms with van der Waals surface area (Å²) in [4.78, 5) is 12.2. The van der Waals surface area contributed by atoms with Gasteiger partial charge in [0.15, 0.2) is 0 Å². The molecule has 3 rings (SSSR count). The average Bonchev–Trinajstić information content (AvgIpc) is 2.90. The molecule has 2 aromatic rings. The van der Waals surface area contributed by atoms with Crippen LogP contribution in [0.2, 0.25) is 5.02 Å². The van der Waals surface area contributed by atoms with E-state index in [9.17, 15) is 4.79 Å². The van der Waals surface area contributed by atoms with Crippen LogP contribution in [-0.4, -0.2) is 21.2 Å². The van der Waals surface area contributed by atoms with Gasteiger partial charge in [0.2, 0.25) is 5.91 Å². The summed E-state index contributed by atoms with van der Waals surface area (Å²) in [5.41, 5.74) is 7.08. The minimum atomic E-state index is -0.339. The largest absolute Gasteiger partial charge is 0.325 e. The molecule has 5 nitrogen and oxygen atoms in total. The van der Waals surface area contributed by atoms with Gasteiger partial charge in [-0.15, -0.1) is 0 Å². The topological polar surface area (TPSA) is 72.9 Å². The minimum Gasteiger partial charge on any atom is -0.325 e. The van der Waals surface area contributed by atoms with Gasteiger partial charge in [-0.1, -0.05) is 17.7 Å². The molecule has 0 aliphatic heterocycles. The lowest BCUT2D eigenvalue weighted by molar-refractivity contribution is -0.118. The van der Waals surface area contributed by atoms with Crippen molar-refractivity contribution in [3.8, 4) is 5.69 Å². The standard InChI is InChI=1S/C15H17ClN4O/c16-11-4-1-5-12(14(11)20-9-3-8-18-20)19-13(21)10-15(17)6-2-7-15/h1,3-5,8-9H,2,6-7,10,17H2,(H,19,21). The molecule has 3 N–H and O–H groups in total. The third-order valence-corrected chi connectivity index (χ3v) is 4.16. The first-order valence-electron chi connectivity index (χ1n) is 6.95. The van der Waals surface area contributed by atoms with Crippen molar-refractivity contribution >= 4 is 23.2 Å². The lowest BCUT2D eigenvalue weighted by Crippen LogP contribution is -2.48. The number of halogens is 1. The number of nitrogens with two attached hydrogens (primary N) is 1. The molecule has 0 unspecified atom stereocenters. The number of nitrogens with one attached hydrogen (secondary N) is 1. The summed E-state index contributed by atoms with van der Waals surface area (Å²) >= 11 is 6.24. The predicted octanol–water partition coefficient (Wildman–Crippen LogP) is 2.74. The van der Waals surface area contributed by atoms with E-state index in [0.717, 1.165) is 19.3 Å². The zero-order valence-corrected chi connectivity index (χ0v) is 12.3. The number of anilines is 1. The molecule has 0 saturated heterocycles. The second-order valence-electron chi connectivity index (χ2n) is 5.53. The van der Waals surface area contributed by atoms with Crippen molar-refractivity contribution < 1.29 is 4.79 Å². The average molecular weight is 305 g/mol. The van der Waals surface area contributed by atoms with Crippen LogP contribution < -0.4 is 11.1 Å². The molecule has 1 saturated carbocycles. The Bertz CT molecular complexity index is 650. The summed E-state index contributed by atoms with van der Waals surface area (Å²) in [7, 11) is 0. The first kappa shape index (κ1) is 14.1. The molecule has 21 heavy (non-hydrogen) atoms. The van der Waals surface area contributed by atoms with Gasteiger partial charge in [-0.25, -0.2) is 4.68 Å². The number of hydrogen-bond donors (Lipinski definition) is 2. The van der Waals surface area contributed by atoms with Crippen molar-refractivity contribution in [3.63, 3.8) is 0 Å². The minimum absolute atomic E-state index is 0.0899. The van der Waals surface area contributed by atoms with Crippen molar-refractivity contribution in [1.29, 1.82) is 0 Å². The molecule has 1 heterocycles. The smallest absolute Gasteiger partial charge is 0.226 e. The zero-order chi connectivity index (χ0) is 14.9. The Morgan fingerprint density at radius 1 is 1.43 bits per heavy atom. The second kappa shape index (κ2) is 5.50. The van der Waals surface area contributed by atoms with Crippen LogP contribution in [0.4, 0.5) is 5.69 Å². The summed E-state index contributed by atoms with van der Waals surface area (Å²) < 4.78 is 1.64. The Labute approximate surface area is 128 Å². The molecule has 0 radical (unpaired) electrons. The van der Waals surface area contributed by atoms with Crippen molar-refractivity contribution in [3.05, 3.63) is 41.7 Å². The van der Waals surface area contributed by atoms with Gasteiger partial charge in [-0.3, -0.25) is 4.79 Å². The maximum Gasteiger partial charge on any atom is 0.226 e. The van der Waals surface area contributed by atoms with Crippen LogP contribution in [-0.2, 0) is 4.79 Å². The Morgan fingerprint density at radius 3 is 2.86 bits per heavy atom. The van der Waals surface area contributed by atoms with Gasteiger partial charge in [-0.05, 0) is 37.5 Å². The fourth-order valence-electron chi connectivity index (χ4n) is 2.57. The van der Waals surface area contributed by atoms with Gasteiger partial charge in [-0.2, -0.15) is 5.10 Å². The Kier molecular flexibility index (Phi) is 3.69. The molecule has 110 valence electrons. The Hall–Kier alpha value is -1.85. The number of benzene rings is 1.